The molecule has 7 aromatic rings. The molecule has 0 amide bonds. The molecule has 188 valence electrons. The van der Waals surface area contributed by atoms with Crippen molar-refractivity contribution in [3.8, 4) is 16.8 Å². The zero-order chi connectivity index (χ0) is 26.6. The Bertz CT molecular complexity index is 2240. The number of benzene rings is 5. The van der Waals surface area contributed by atoms with Gasteiger partial charge in [0.25, 0.3) is 0 Å². The zero-order valence-electron chi connectivity index (χ0n) is 22.4. The summed E-state index contributed by atoms with van der Waals surface area (Å²) in [6.07, 6.45) is 0. The minimum Gasteiger partial charge on any atom is -0.455 e. The Kier molecular flexibility index (Phi) is 4.29. The maximum absolute atomic E-state index is 13.4. The number of nitrogens with zero attached hydrogens (tertiary/aromatic N) is 1. The van der Waals surface area contributed by atoms with Crippen LogP contribution >= 0.6 is 0 Å². The van der Waals surface area contributed by atoms with Crippen LogP contribution in [0.4, 0.5) is 0 Å². The van der Waals surface area contributed by atoms with E-state index in [1.54, 1.807) is 0 Å². The molecular formula is C36H27NO2. The van der Waals surface area contributed by atoms with Gasteiger partial charge in [0.2, 0.25) is 5.43 Å². The SMILES string of the molecule is Cc1ccc2c(=O)c3ccc(-n4c5ccccc5c5cc6c(cc54)C(C)(C)c4ccccc4-6)cc3oc2c1C. The Hall–Kier alpha value is -4.63. The molecule has 0 aliphatic heterocycles. The summed E-state index contributed by atoms with van der Waals surface area (Å²) in [4.78, 5) is 13.4. The summed E-state index contributed by atoms with van der Waals surface area (Å²) >= 11 is 0. The molecule has 0 atom stereocenters. The highest BCUT2D eigenvalue weighted by atomic mass is 16.3. The monoisotopic (exact) mass is 505 g/mol. The molecule has 0 bridgehead atoms. The van der Waals surface area contributed by atoms with Gasteiger partial charge in [0.15, 0.2) is 0 Å². The van der Waals surface area contributed by atoms with E-state index in [4.69, 9.17) is 4.42 Å². The molecule has 8 rings (SSSR count). The maximum atomic E-state index is 13.4. The van der Waals surface area contributed by atoms with Crippen molar-refractivity contribution in [1.29, 1.82) is 0 Å². The molecule has 0 spiro atoms. The number of hydrogen-bond donors (Lipinski definition) is 0. The van der Waals surface area contributed by atoms with E-state index in [0.717, 1.165) is 27.8 Å². The molecule has 0 fully saturated rings. The molecule has 0 N–H and O–H groups in total. The van der Waals surface area contributed by atoms with Crippen LogP contribution in [0, 0.1) is 13.8 Å². The van der Waals surface area contributed by atoms with E-state index in [1.165, 1.54) is 33.0 Å². The van der Waals surface area contributed by atoms with Crippen molar-refractivity contribution < 1.29 is 4.42 Å². The molecule has 1 aliphatic rings. The first-order valence-electron chi connectivity index (χ1n) is 13.5. The van der Waals surface area contributed by atoms with Gasteiger partial charge in [0, 0.05) is 27.9 Å². The Balaban J connectivity index is 1.46. The van der Waals surface area contributed by atoms with Crippen LogP contribution in [0.15, 0.2) is 100 Å². The van der Waals surface area contributed by atoms with E-state index in [0.29, 0.717) is 21.9 Å². The number of aryl methyl sites for hydroxylation is 2. The van der Waals surface area contributed by atoms with Gasteiger partial charge < -0.3 is 8.98 Å². The second-order valence-electron chi connectivity index (χ2n) is 11.4. The van der Waals surface area contributed by atoms with Crippen LogP contribution in [0.3, 0.4) is 0 Å². The third kappa shape index (κ3) is 2.85. The summed E-state index contributed by atoms with van der Waals surface area (Å²) in [6, 6.07) is 31.9. The van der Waals surface area contributed by atoms with Gasteiger partial charge in [-0.25, -0.2) is 0 Å². The summed E-state index contributed by atoms with van der Waals surface area (Å²) in [5, 5.41) is 3.67. The molecule has 3 heteroatoms. The molecule has 0 saturated heterocycles. The zero-order valence-corrected chi connectivity index (χ0v) is 22.4. The van der Waals surface area contributed by atoms with Gasteiger partial charge in [-0.2, -0.15) is 0 Å². The number of para-hydroxylation sites is 1. The Morgan fingerprint density at radius 1 is 0.667 bits per heavy atom. The number of fused-ring (bicyclic) bond motifs is 8. The smallest absolute Gasteiger partial charge is 0.200 e. The van der Waals surface area contributed by atoms with Crippen molar-refractivity contribution in [2.45, 2.75) is 33.1 Å². The van der Waals surface area contributed by atoms with Gasteiger partial charge >= 0.3 is 0 Å². The summed E-state index contributed by atoms with van der Waals surface area (Å²) < 4.78 is 8.75. The summed E-state index contributed by atoms with van der Waals surface area (Å²) in [5.41, 5.74) is 11.9. The molecular weight excluding hydrogens is 478 g/mol. The van der Waals surface area contributed by atoms with Gasteiger partial charge in [-0.3, -0.25) is 4.79 Å². The molecule has 0 radical (unpaired) electrons. The minimum atomic E-state index is -0.0914. The lowest BCUT2D eigenvalue weighted by molar-refractivity contribution is 0.656. The first-order chi connectivity index (χ1) is 18.8. The molecule has 3 nitrogen and oxygen atoms in total. The van der Waals surface area contributed by atoms with Crippen molar-refractivity contribution in [2.75, 3.05) is 0 Å². The van der Waals surface area contributed by atoms with E-state index < -0.39 is 0 Å². The first-order valence-corrected chi connectivity index (χ1v) is 13.5. The van der Waals surface area contributed by atoms with E-state index in [9.17, 15) is 4.79 Å². The Morgan fingerprint density at radius 3 is 2.31 bits per heavy atom. The lowest BCUT2D eigenvalue weighted by Gasteiger charge is -2.21. The van der Waals surface area contributed by atoms with E-state index in [2.05, 4.69) is 79.1 Å². The average Bonchev–Trinajstić information content (AvgIpc) is 3.39. The standard InChI is InChI=1S/C36H27NO2/c1-20-13-15-26-34(38)25-16-14-22(17-33(25)39-35(26)21(20)2)37-31-12-8-6-10-24(31)28-18-27-23-9-5-7-11-29(23)36(3,4)30(27)19-32(28)37/h5-19H,1-4H3. The van der Waals surface area contributed by atoms with Crippen molar-refractivity contribution in [1.82, 2.24) is 4.57 Å². The quantitative estimate of drug-likeness (QED) is 0.209. The molecule has 2 heterocycles. The lowest BCUT2D eigenvalue weighted by Crippen LogP contribution is -2.15. The van der Waals surface area contributed by atoms with Gasteiger partial charge in [0.1, 0.15) is 11.2 Å². The van der Waals surface area contributed by atoms with Crippen molar-refractivity contribution in [3.63, 3.8) is 0 Å². The van der Waals surface area contributed by atoms with Gasteiger partial charge in [-0.15, -0.1) is 0 Å². The fraction of sp³-hybridized carbons (Fsp3) is 0.139. The molecule has 39 heavy (non-hydrogen) atoms. The normalized spacial score (nSPS) is 13.9. The highest BCUT2D eigenvalue weighted by Gasteiger charge is 2.36. The highest BCUT2D eigenvalue weighted by Crippen LogP contribution is 2.50. The predicted molar refractivity (Wildman–Crippen MR) is 161 cm³/mol. The van der Waals surface area contributed by atoms with Crippen molar-refractivity contribution in [3.05, 3.63) is 123 Å². The largest absolute Gasteiger partial charge is 0.455 e. The van der Waals surface area contributed by atoms with Gasteiger partial charge in [-0.05, 0) is 83.6 Å². The average molecular weight is 506 g/mol. The van der Waals surface area contributed by atoms with Crippen LogP contribution in [0.1, 0.15) is 36.1 Å². The maximum Gasteiger partial charge on any atom is 0.200 e. The minimum absolute atomic E-state index is 0.0143. The number of aromatic nitrogens is 1. The van der Waals surface area contributed by atoms with Crippen LogP contribution < -0.4 is 5.43 Å². The molecule has 5 aromatic carbocycles. The summed E-state index contributed by atoms with van der Waals surface area (Å²) in [6.45, 7) is 8.70. The highest BCUT2D eigenvalue weighted by molar-refractivity contribution is 6.12. The summed E-state index contributed by atoms with van der Waals surface area (Å²) in [5.74, 6) is 0. The van der Waals surface area contributed by atoms with Crippen LogP contribution in [-0.2, 0) is 5.41 Å². The molecule has 2 aromatic heterocycles. The fourth-order valence-electron chi connectivity index (χ4n) is 6.72. The number of hydrogen-bond acceptors (Lipinski definition) is 2. The predicted octanol–water partition coefficient (Wildman–Crippen LogP) is 8.97. The third-order valence-electron chi connectivity index (χ3n) is 8.98. The van der Waals surface area contributed by atoms with Gasteiger partial charge in [-0.1, -0.05) is 62.4 Å². The van der Waals surface area contributed by atoms with Crippen LogP contribution in [0.2, 0.25) is 0 Å². The van der Waals surface area contributed by atoms with Crippen LogP contribution in [-0.4, -0.2) is 4.57 Å². The Morgan fingerprint density at radius 2 is 1.44 bits per heavy atom. The van der Waals surface area contributed by atoms with Crippen LogP contribution in [0.25, 0.3) is 60.6 Å². The lowest BCUT2D eigenvalue weighted by atomic mass is 9.82. The second kappa shape index (κ2) is 7.48. The topological polar surface area (TPSA) is 35.1 Å². The summed E-state index contributed by atoms with van der Waals surface area (Å²) in [7, 11) is 0. The first kappa shape index (κ1) is 22.4. The molecule has 0 saturated carbocycles. The van der Waals surface area contributed by atoms with Gasteiger partial charge in [0.05, 0.1) is 21.8 Å². The fourth-order valence-corrected chi connectivity index (χ4v) is 6.72. The van der Waals surface area contributed by atoms with Crippen molar-refractivity contribution >= 4 is 43.7 Å². The third-order valence-corrected chi connectivity index (χ3v) is 8.98. The second-order valence-corrected chi connectivity index (χ2v) is 11.4. The van der Waals surface area contributed by atoms with E-state index in [-0.39, 0.29) is 10.8 Å². The van der Waals surface area contributed by atoms with E-state index in [1.807, 2.05) is 44.2 Å². The van der Waals surface area contributed by atoms with Crippen molar-refractivity contribution in [2.24, 2.45) is 0 Å². The molecule has 1 aliphatic carbocycles. The number of rotatable bonds is 1. The van der Waals surface area contributed by atoms with Crippen LogP contribution in [0.5, 0.6) is 0 Å². The molecule has 0 unspecified atom stereocenters. The van der Waals surface area contributed by atoms with E-state index >= 15 is 0 Å². The Labute approximate surface area is 225 Å².